The fraction of sp³-hybridized carbons (Fsp3) is 0.571. The number of hydrogen-bond acceptors (Lipinski definition) is 4. The lowest BCUT2D eigenvalue weighted by molar-refractivity contribution is -0.131. The Morgan fingerprint density at radius 1 is 1.53 bits per heavy atom. The predicted molar refractivity (Wildman–Crippen MR) is 72.8 cm³/mol. The average molecular weight is 263 g/mol. The zero-order valence-corrected chi connectivity index (χ0v) is 11.5. The van der Waals surface area contributed by atoms with Crippen molar-refractivity contribution in [2.24, 2.45) is 5.41 Å². The molecule has 0 aromatic carbocycles. The average Bonchev–Trinajstić information content (AvgIpc) is 2.45. The van der Waals surface area contributed by atoms with E-state index >= 15 is 0 Å². The molecular formula is C14H21N3O2. The molecule has 1 amide bonds. The minimum absolute atomic E-state index is 0.111. The van der Waals surface area contributed by atoms with Gasteiger partial charge in [-0.2, -0.15) is 0 Å². The lowest BCUT2D eigenvalue weighted by Crippen LogP contribution is -2.45. The molecule has 104 valence electrons. The van der Waals surface area contributed by atoms with E-state index in [1.807, 2.05) is 19.1 Å². The second-order valence-corrected chi connectivity index (χ2v) is 5.17. The minimum Gasteiger partial charge on any atom is -0.481 e. The third-order valence-corrected chi connectivity index (χ3v) is 3.74. The van der Waals surface area contributed by atoms with E-state index in [1.54, 1.807) is 13.3 Å². The number of carbonyl (C=O) groups is 1. The molecule has 19 heavy (non-hydrogen) atoms. The van der Waals surface area contributed by atoms with Gasteiger partial charge in [0.25, 0.3) is 0 Å². The van der Waals surface area contributed by atoms with E-state index < -0.39 is 0 Å². The maximum absolute atomic E-state index is 12.3. The molecule has 5 nitrogen and oxygen atoms in total. The van der Waals surface area contributed by atoms with Crippen LogP contribution >= 0.6 is 0 Å². The summed E-state index contributed by atoms with van der Waals surface area (Å²) in [5, 5.41) is 6.27. The predicted octanol–water partition coefficient (Wildman–Crippen LogP) is 1.10. The molecule has 1 aromatic heterocycles. The van der Waals surface area contributed by atoms with Gasteiger partial charge in [0.05, 0.1) is 7.11 Å². The molecule has 2 N–H and O–H groups in total. The van der Waals surface area contributed by atoms with E-state index in [0.29, 0.717) is 12.4 Å². The topological polar surface area (TPSA) is 63.2 Å². The van der Waals surface area contributed by atoms with Crippen molar-refractivity contribution in [2.75, 3.05) is 20.2 Å². The molecule has 1 saturated heterocycles. The van der Waals surface area contributed by atoms with Crippen molar-refractivity contribution >= 4 is 5.91 Å². The van der Waals surface area contributed by atoms with Crippen LogP contribution in [0.4, 0.5) is 0 Å². The van der Waals surface area contributed by atoms with Crippen LogP contribution in [0, 0.1) is 5.41 Å². The molecule has 2 heterocycles. The minimum atomic E-state index is -0.263. The molecule has 0 spiro atoms. The maximum atomic E-state index is 12.3. The molecule has 1 aliphatic heterocycles. The van der Waals surface area contributed by atoms with Gasteiger partial charge in [0, 0.05) is 23.7 Å². The van der Waals surface area contributed by atoms with Crippen LogP contribution in [0.15, 0.2) is 18.3 Å². The SMILES string of the molecule is COc1ncccc1CNC(=O)C1(C)CCNCC1. The first kappa shape index (κ1) is 13.8. The highest BCUT2D eigenvalue weighted by molar-refractivity contribution is 5.82. The molecule has 0 unspecified atom stereocenters. The smallest absolute Gasteiger partial charge is 0.226 e. The van der Waals surface area contributed by atoms with Crippen LogP contribution < -0.4 is 15.4 Å². The van der Waals surface area contributed by atoms with Gasteiger partial charge in [-0.25, -0.2) is 4.98 Å². The first-order valence-corrected chi connectivity index (χ1v) is 6.62. The molecule has 2 rings (SSSR count). The molecule has 0 aliphatic carbocycles. The van der Waals surface area contributed by atoms with Gasteiger partial charge >= 0.3 is 0 Å². The molecule has 0 saturated carbocycles. The van der Waals surface area contributed by atoms with Gasteiger partial charge in [-0.15, -0.1) is 0 Å². The zero-order chi connectivity index (χ0) is 13.7. The summed E-state index contributed by atoms with van der Waals surface area (Å²) >= 11 is 0. The van der Waals surface area contributed by atoms with Gasteiger partial charge in [0.2, 0.25) is 11.8 Å². The van der Waals surface area contributed by atoms with E-state index in [0.717, 1.165) is 31.5 Å². The molecular weight excluding hydrogens is 242 g/mol. The number of methoxy groups -OCH3 is 1. The number of hydrogen-bond donors (Lipinski definition) is 2. The molecule has 0 bridgehead atoms. The highest BCUT2D eigenvalue weighted by atomic mass is 16.5. The number of aromatic nitrogens is 1. The third kappa shape index (κ3) is 3.23. The largest absolute Gasteiger partial charge is 0.481 e. The second kappa shape index (κ2) is 6.02. The second-order valence-electron chi connectivity index (χ2n) is 5.17. The lowest BCUT2D eigenvalue weighted by atomic mass is 9.80. The number of ether oxygens (including phenoxy) is 1. The van der Waals surface area contributed by atoms with Crippen molar-refractivity contribution in [1.82, 2.24) is 15.6 Å². The Hall–Kier alpha value is -1.62. The summed E-state index contributed by atoms with van der Waals surface area (Å²) in [6, 6.07) is 3.76. The number of carbonyl (C=O) groups excluding carboxylic acids is 1. The van der Waals surface area contributed by atoms with E-state index in [4.69, 9.17) is 4.74 Å². The fourth-order valence-electron chi connectivity index (χ4n) is 2.34. The molecule has 0 atom stereocenters. The quantitative estimate of drug-likeness (QED) is 0.854. The summed E-state index contributed by atoms with van der Waals surface area (Å²) < 4.78 is 5.18. The molecule has 5 heteroatoms. The van der Waals surface area contributed by atoms with Crippen molar-refractivity contribution in [1.29, 1.82) is 0 Å². The van der Waals surface area contributed by atoms with Gasteiger partial charge in [-0.05, 0) is 32.0 Å². The Kier molecular flexibility index (Phi) is 4.37. The normalized spacial score (nSPS) is 17.8. The Labute approximate surface area is 113 Å². The van der Waals surface area contributed by atoms with Crippen molar-refractivity contribution in [3.8, 4) is 5.88 Å². The Morgan fingerprint density at radius 2 is 2.26 bits per heavy atom. The van der Waals surface area contributed by atoms with Crippen LogP contribution in [-0.4, -0.2) is 31.1 Å². The van der Waals surface area contributed by atoms with E-state index in [-0.39, 0.29) is 11.3 Å². The molecule has 1 aliphatic rings. The summed E-state index contributed by atoms with van der Waals surface area (Å²) in [4.78, 5) is 16.4. The van der Waals surface area contributed by atoms with Crippen molar-refractivity contribution < 1.29 is 9.53 Å². The van der Waals surface area contributed by atoms with Crippen LogP contribution in [-0.2, 0) is 11.3 Å². The standard InChI is InChI=1S/C14H21N3O2/c1-14(5-8-15-9-6-14)13(18)17-10-11-4-3-7-16-12(11)19-2/h3-4,7,15H,5-6,8-10H2,1-2H3,(H,17,18). The number of nitrogens with zero attached hydrogens (tertiary/aromatic N) is 1. The van der Waals surface area contributed by atoms with Crippen LogP contribution in [0.25, 0.3) is 0 Å². The van der Waals surface area contributed by atoms with Crippen molar-refractivity contribution in [3.05, 3.63) is 23.9 Å². The highest BCUT2D eigenvalue weighted by Crippen LogP contribution is 2.28. The number of piperidine rings is 1. The number of amides is 1. The third-order valence-electron chi connectivity index (χ3n) is 3.74. The van der Waals surface area contributed by atoms with Crippen LogP contribution in [0.3, 0.4) is 0 Å². The van der Waals surface area contributed by atoms with Crippen molar-refractivity contribution in [2.45, 2.75) is 26.3 Å². The van der Waals surface area contributed by atoms with Gasteiger partial charge in [-0.3, -0.25) is 4.79 Å². The first-order valence-electron chi connectivity index (χ1n) is 6.62. The molecule has 0 radical (unpaired) electrons. The number of pyridine rings is 1. The van der Waals surface area contributed by atoms with Gasteiger partial charge in [-0.1, -0.05) is 13.0 Å². The Morgan fingerprint density at radius 3 is 2.95 bits per heavy atom. The summed E-state index contributed by atoms with van der Waals surface area (Å²) in [7, 11) is 1.59. The van der Waals surface area contributed by atoms with Gasteiger partial charge in [0.15, 0.2) is 0 Å². The monoisotopic (exact) mass is 263 g/mol. The molecule has 1 fully saturated rings. The van der Waals surface area contributed by atoms with Crippen molar-refractivity contribution in [3.63, 3.8) is 0 Å². The zero-order valence-electron chi connectivity index (χ0n) is 11.5. The van der Waals surface area contributed by atoms with Crippen LogP contribution in [0.5, 0.6) is 5.88 Å². The molecule has 1 aromatic rings. The number of rotatable bonds is 4. The summed E-state index contributed by atoms with van der Waals surface area (Å²) in [6.07, 6.45) is 3.43. The van der Waals surface area contributed by atoms with Gasteiger partial charge in [0.1, 0.15) is 0 Å². The van der Waals surface area contributed by atoms with E-state index in [2.05, 4.69) is 15.6 Å². The summed E-state index contributed by atoms with van der Waals surface area (Å²) in [5.41, 5.74) is 0.636. The van der Waals surface area contributed by atoms with E-state index in [1.165, 1.54) is 0 Å². The summed E-state index contributed by atoms with van der Waals surface area (Å²) in [6.45, 7) is 4.29. The first-order chi connectivity index (χ1) is 9.15. The maximum Gasteiger partial charge on any atom is 0.226 e. The Bertz CT molecular complexity index is 442. The van der Waals surface area contributed by atoms with Crippen LogP contribution in [0.1, 0.15) is 25.3 Å². The lowest BCUT2D eigenvalue weighted by Gasteiger charge is -2.32. The van der Waals surface area contributed by atoms with Gasteiger partial charge < -0.3 is 15.4 Å². The van der Waals surface area contributed by atoms with Crippen LogP contribution in [0.2, 0.25) is 0 Å². The summed E-state index contributed by atoms with van der Waals surface area (Å²) in [5.74, 6) is 0.679. The highest BCUT2D eigenvalue weighted by Gasteiger charge is 2.34. The Balaban J connectivity index is 1.96. The number of nitrogens with one attached hydrogen (secondary N) is 2. The fourth-order valence-corrected chi connectivity index (χ4v) is 2.34. The van der Waals surface area contributed by atoms with E-state index in [9.17, 15) is 4.79 Å².